The lowest BCUT2D eigenvalue weighted by molar-refractivity contribution is -0.384. The van der Waals surface area contributed by atoms with Crippen molar-refractivity contribution in [1.29, 1.82) is 0 Å². The molecule has 1 aromatic heterocycles. The molecule has 2 aromatic carbocycles. The predicted octanol–water partition coefficient (Wildman–Crippen LogP) is 1.76. The summed E-state index contributed by atoms with van der Waals surface area (Å²) in [5.74, 6) is -0.647. The predicted molar refractivity (Wildman–Crippen MR) is 92.7 cm³/mol. The molecule has 1 unspecified atom stereocenters. The summed E-state index contributed by atoms with van der Waals surface area (Å²) in [6.07, 6.45) is 1.13. The molecule has 1 atom stereocenters. The van der Waals surface area contributed by atoms with E-state index in [0.717, 1.165) is 12.3 Å². The zero-order chi connectivity index (χ0) is 18.7. The summed E-state index contributed by atoms with van der Waals surface area (Å²) in [5.41, 5.74) is 3.60. The molecule has 3 aromatic rings. The highest BCUT2D eigenvalue weighted by Gasteiger charge is 2.18. The van der Waals surface area contributed by atoms with Crippen molar-refractivity contribution >= 4 is 28.8 Å². The van der Waals surface area contributed by atoms with E-state index in [1.165, 1.54) is 16.8 Å². The lowest BCUT2D eigenvalue weighted by Gasteiger charge is -2.10. The van der Waals surface area contributed by atoms with E-state index in [1.54, 1.807) is 19.1 Å². The number of carbonyl (C=O) groups excluding carboxylic acids is 1. The third-order valence-electron chi connectivity index (χ3n) is 3.72. The Morgan fingerprint density at radius 2 is 2.15 bits per heavy atom. The first-order chi connectivity index (χ1) is 12.5. The largest absolute Gasteiger partial charge is 0.507 e. The highest BCUT2D eigenvalue weighted by Crippen LogP contribution is 2.21. The number of carbonyl (C=O) groups is 1. The minimum absolute atomic E-state index is 0.110. The van der Waals surface area contributed by atoms with Crippen LogP contribution in [-0.2, 0) is 4.79 Å². The van der Waals surface area contributed by atoms with Crippen LogP contribution in [0, 0.1) is 10.1 Å². The van der Waals surface area contributed by atoms with Crippen molar-refractivity contribution < 1.29 is 14.8 Å². The van der Waals surface area contributed by atoms with E-state index in [-0.39, 0.29) is 17.0 Å². The number of para-hydroxylation sites is 1. The molecule has 1 amide bonds. The van der Waals surface area contributed by atoms with Crippen molar-refractivity contribution in [3.05, 3.63) is 58.1 Å². The zero-order valence-electron chi connectivity index (χ0n) is 13.6. The van der Waals surface area contributed by atoms with Crippen LogP contribution >= 0.6 is 0 Å². The van der Waals surface area contributed by atoms with Crippen LogP contribution in [0.2, 0.25) is 0 Å². The molecule has 26 heavy (non-hydrogen) atoms. The number of amides is 1. The summed E-state index contributed by atoms with van der Waals surface area (Å²) in [7, 11) is 0. The number of non-ortho nitro benzene ring substituents is 1. The number of aromatic nitrogens is 3. The molecule has 10 heteroatoms. The van der Waals surface area contributed by atoms with Crippen molar-refractivity contribution in [3.63, 3.8) is 0 Å². The number of hydrogen-bond acceptors (Lipinski definition) is 7. The number of nitrogens with one attached hydrogen (secondary N) is 1. The Labute approximate surface area is 146 Å². The number of aromatic hydroxyl groups is 1. The topological polar surface area (TPSA) is 136 Å². The first-order valence-corrected chi connectivity index (χ1v) is 7.57. The third kappa shape index (κ3) is 3.34. The van der Waals surface area contributed by atoms with E-state index < -0.39 is 16.9 Å². The number of nitro groups is 1. The van der Waals surface area contributed by atoms with Crippen molar-refractivity contribution in [1.82, 2.24) is 20.4 Å². The minimum Gasteiger partial charge on any atom is -0.507 e. The summed E-state index contributed by atoms with van der Waals surface area (Å²) in [4.78, 5) is 22.4. The van der Waals surface area contributed by atoms with Gasteiger partial charge in [0.2, 0.25) is 0 Å². The van der Waals surface area contributed by atoms with Gasteiger partial charge in [-0.2, -0.15) is 5.10 Å². The van der Waals surface area contributed by atoms with E-state index >= 15 is 0 Å². The number of hydrogen-bond donors (Lipinski definition) is 2. The quantitative estimate of drug-likeness (QED) is 0.407. The summed E-state index contributed by atoms with van der Waals surface area (Å²) < 4.78 is 1.46. The van der Waals surface area contributed by atoms with Gasteiger partial charge in [0.05, 0.1) is 16.7 Å². The van der Waals surface area contributed by atoms with Crippen LogP contribution in [0.15, 0.2) is 47.6 Å². The Hall–Kier alpha value is -3.82. The molecule has 3 rings (SSSR count). The fraction of sp³-hybridized carbons (Fsp3) is 0.125. The van der Waals surface area contributed by atoms with Gasteiger partial charge >= 0.3 is 0 Å². The Balaban J connectivity index is 1.73. The fourth-order valence-electron chi connectivity index (χ4n) is 2.30. The number of nitro benzene ring substituents is 1. The van der Waals surface area contributed by atoms with Gasteiger partial charge in [-0.3, -0.25) is 14.9 Å². The van der Waals surface area contributed by atoms with Crippen molar-refractivity contribution in [2.45, 2.75) is 13.0 Å². The fourth-order valence-corrected chi connectivity index (χ4v) is 2.30. The number of nitrogens with zero attached hydrogens (tertiary/aromatic N) is 5. The smallest absolute Gasteiger partial charge is 0.270 e. The van der Waals surface area contributed by atoms with Gasteiger partial charge in [0.25, 0.3) is 11.6 Å². The summed E-state index contributed by atoms with van der Waals surface area (Å²) in [6, 6.07) is 10.0. The molecule has 2 N–H and O–H groups in total. The normalized spacial score (nSPS) is 12.3. The SMILES string of the molecule is CC(C(=O)NN=Cc1cc([N+](=O)[O-])ccc1O)n1nnc2ccccc21. The standard InChI is InChI=1S/C16H14N6O4/c1-10(21-14-5-3-2-4-13(14)18-20-21)16(24)19-17-9-11-8-12(22(25)26)6-7-15(11)23/h2-10,23H,1H3,(H,19,24). The molecule has 132 valence electrons. The second-order valence-corrected chi connectivity index (χ2v) is 5.43. The minimum atomic E-state index is -0.682. The first kappa shape index (κ1) is 17.0. The zero-order valence-corrected chi connectivity index (χ0v) is 13.6. The molecule has 0 fully saturated rings. The van der Waals surface area contributed by atoms with Gasteiger partial charge in [-0.1, -0.05) is 17.3 Å². The van der Waals surface area contributed by atoms with Gasteiger partial charge in [-0.15, -0.1) is 5.10 Å². The molecular weight excluding hydrogens is 340 g/mol. The number of rotatable bonds is 5. The van der Waals surface area contributed by atoms with E-state index in [1.807, 2.05) is 12.1 Å². The summed E-state index contributed by atoms with van der Waals surface area (Å²) in [5, 5.41) is 32.2. The molecule has 0 aliphatic carbocycles. The molecule has 0 bridgehead atoms. The van der Waals surface area contributed by atoms with Gasteiger partial charge in [-0.05, 0) is 25.1 Å². The third-order valence-corrected chi connectivity index (χ3v) is 3.72. The average molecular weight is 354 g/mol. The molecule has 1 heterocycles. The lowest BCUT2D eigenvalue weighted by Crippen LogP contribution is -2.28. The van der Waals surface area contributed by atoms with E-state index in [2.05, 4.69) is 20.8 Å². The van der Waals surface area contributed by atoms with E-state index in [4.69, 9.17) is 0 Å². The molecule has 0 saturated carbocycles. The Bertz CT molecular complexity index is 1010. The van der Waals surface area contributed by atoms with Crippen LogP contribution in [0.1, 0.15) is 18.5 Å². The Kier molecular flexibility index (Phi) is 4.56. The number of hydrazone groups is 1. The maximum Gasteiger partial charge on any atom is 0.270 e. The maximum absolute atomic E-state index is 12.3. The summed E-state index contributed by atoms with van der Waals surface area (Å²) >= 11 is 0. The average Bonchev–Trinajstić information content (AvgIpc) is 3.06. The maximum atomic E-state index is 12.3. The number of phenolic OH excluding ortho intramolecular Hbond substituents is 1. The monoisotopic (exact) mass is 354 g/mol. The second-order valence-electron chi connectivity index (χ2n) is 5.43. The second kappa shape index (κ2) is 6.97. The Morgan fingerprint density at radius 3 is 2.92 bits per heavy atom. The van der Waals surface area contributed by atoms with Crippen LogP contribution in [0.25, 0.3) is 11.0 Å². The molecule has 0 saturated heterocycles. The van der Waals surface area contributed by atoms with E-state index in [9.17, 15) is 20.0 Å². The van der Waals surface area contributed by atoms with Crippen LogP contribution < -0.4 is 5.43 Å². The molecule has 10 nitrogen and oxygen atoms in total. The van der Waals surface area contributed by atoms with Gasteiger partial charge in [-0.25, -0.2) is 10.1 Å². The molecule has 0 spiro atoms. The van der Waals surface area contributed by atoms with Gasteiger partial charge in [0.15, 0.2) is 0 Å². The van der Waals surface area contributed by atoms with Crippen LogP contribution in [-0.4, -0.2) is 37.1 Å². The number of fused-ring (bicyclic) bond motifs is 1. The molecule has 0 radical (unpaired) electrons. The highest BCUT2D eigenvalue weighted by atomic mass is 16.6. The Morgan fingerprint density at radius 1 is 1.38 bits per heavy atom. The van der Waals surface area contributed by atoms with Gasteiger partial charge in [0.1, 0.15) is 17.3 Å². The van der Waals surface area contributed by atoms with Gasteiger partial charge in [0, 0.05) is 17.7 Å². The summed E-state index contributed by atoms with van der Waals surface area (Å²) in [6.45, 7) is 1.64. The number of benzene rings is 2. The van der Waals surface area contributed by atoms with Crippen molar-refractivity contribution in [2.24, 2.45) is 5.10 Å². The van der Waals surface area contributed by atoms with Crippen molar-refractivity contribution in [3.8, 4) is 5.75 Å². The van der Waals surface area contributed by atoms with Crippen molar-refractivity contribution in [2.75, 3.05) is 0 Å². The van der Waals surface area contributed by atoms with Crippen LogP contribution in [0.3, 0.4) is 0 Å². The molecular formula is C16H14N6O4. The highest BCUT2D eigenvalue weighted by molar-refractivity contribution is 5.87. The first-order valence-electron chi connectivity index (χ1n) is 7.57. The van der Waals surface area contributed by atoms with Gasteiger partial charge < -0.3 is 5.11 Å². The van der Waals surface area contributed by atoms with Crippen LogP contribution in [0.5, 0.6) is 5.75 Å². The molecule has 0 aliphatic heterocycles. The lowest BCUT2D eigenvalue weighted by atomic mass is 10.2. The number of phenols is 1. The molecule has 0 aliphatic rings. The van der Waals surface area contributed by atoms with Crippen LogP contribution in [0.4, 0.5) is 5.69 Å². The van der Waals surface area contributed by atoms with E-state index in [0.29, 0.717) is 11.0 Å².